The van der Waals surface area contributed by atoms with E-state index in [0.29, 0.717) is 11.5 Å². The van der Waals surface area contributed by atoms with Crippen molar-refractivity contribution in [2.75, 3.05) is 13.1 Å². The van der Waals surface area contributed by atoms with Gasteiger partial charge in [0, 0.05) is 19.6 Å². The summed E-state index contributed by atoms with van der Waals surface area (Å²) in [6.07, 6.45) is 0.712. The number of hydrogen-bond acceptors (Lipinski definition) is 3. The second-order valence-electron chi connectivity index (χ2n) is 4.88. The standard InChI is InChI=1S/C14H18N2O/c1-11-9-16(7-6-14(11)17)10-13-4-2-12(8-15)3-5-13/h2-5,11,14,17H,6-7,9-10H2,1H3. The molecule has 1 saturated heterocycles. The van der Waals surface area contributed by atoms with Gasteiger partial charge in [-0.3, -0.25) is 4.90 Å². The number of rotatable bonds is 2. The van der Waals surface area contributed by atoms with Crippen LogP contribution in [0.4, 0.5) is 0 Å². The molecule has 1 fully saturated rings. The zero-order valence-corrected chi connectivity index (χ0v) is 10.1. The zero-order valence-electron chi connectivity index (χ0n) is 10.1. The molecule has 0 aliphatic carbocycles. The summed E-state index contributed by atoms with van der Waals surface area (Å²) in [5, 5.41) is 18.4. The van der Waals surface area contributed by atoms with Crippen LogP contribution in [0.2, 0.25) is 0 Å². The molecule has 3 heteroatoms. The molecular weight excluding hydrogens is 212 g/mol. The predicted octanol–water partition coefficient (Wildman–Crippen LogP) is 1.76. The van der Waals surface area contributed by atoms with Crippen molar-refractivity contribution in [1.29, 1.82) is 5.26 Å². The Morgan fingerprint density at radius 3 is 2.71 bits per heavy atom. The molecular formula is C14H18N2O. The van der Waals surface area contributed by atoms with E-state index in [1.54, 1.807) is 0 Å². The molecule has 2 rings (SSSR count). The van der Waals surface area contributed by atoms with Crippen LogP contribution in [0.5, 0.6) is 0 Å². The van der Waals surface area contributed by atoms with Gasteiger partial charge in [0.25, 0.3) is 0 Å². The van der Waals surface area contributed by atoms with Crippen LogP contribution in [0.15, 0.2) is 24.3 Å². The van der Waals surface area contributed by atoms with Crippen molar-refractivity contribution >= 4 is 0 Å². The minimum atomic E-state index is -0.146. The van der Waals surface area contributed by atoms with Gasteiger partial charge in [-0.2, -0.15) is 5.26 Å². The van der Waals surface area contributed by atoms with Gasteiger partial charge in [0.15, 0.2) is 0 Å². The summed E-state index contributed by atoms with van der Waals surface area (Å²) in [6.45, 7) is 4.89. The summed E-state index contributed by atoms with van der Waals surface area (Å²) < 4.78 is 0. The molecule has 1 aliphatic heterocycles. The van der Waals surface area contributed by atoms with Gasteiger partial charge in [-0.05, 0) is 30.0 Å². The maximum absolute atomic E-state index is 9.67. The summed E-state index contributed by atoms with van der Waals surface area (Å²) >= 11 is 0. The molecule has 1 aliphatic rings. The molecule has 0 radical (unpaired) electrons. The summed E-state index contributed by atoms with van der Waals surface area (Å²) in [7, 11) is 0. The van der Waals surface area contributed by atoms with E-state index < -0.39 is 0 Å². The number of piperidine rings is 1. The van der Waals surface area contributed by atoms with Gasteiger partial charge in [-0.1, -0.05) is 19.1 Å². The van der Waals surface area contributed by atoms with Gasteiger partial charge in [-0.25, -0.2) is 0 Å². The number of aliphatic hydroxyl groups is 1. The average molecular weight is 230 g/mol. The lowest BCUT2D eigenvalue weighted by atomic mass is 9.96. The number of nitrogens with zero attached hydrogens (tertiary/aromatic N) is 2. The fourth-order valence-electron chi connectivity index (χ4n) is 2.31. The van der Waals surface area contributed by atoms with Crippen LogP contribution in [0.25, 0.3) is 0 Å². The quantitative estimate of drug-likeness (QED) is 0.842. The van der Waals surface area contributed by atoms with Crippen molar-refractivity contribution in [2.45, 2.75) is 26.0 Å². The molecule has 0 spiro atoms. The molecule has 1 heterocycles. The molecule has 1 aromatic carbocycles. The Morgan fingerprint density at radius 2 is 2.12 bits per heavy atom. The van der Waals surface area contributed by atoms with Crippen LogP contribution in [0.3, 0.4) is 0 Å². The third-order valence-electron chi connectivity index (χ3n) is 3.43. The Kier molecular flexibility index (Phi) is 3.78. The van der Waals surface area contributed by atoms with Crippen molar-refractivity contribution in [3.8, 4) is 6.07 Å². The Morgan fingerprint density at radius 1 is 1.41 bits per heavy atom. The Balaban J connectivity index is 1.94. The van der Waals surface area contributed by atoms with Crippen LogP contribution in [-0.4, -0.2) is 29.2 Å². The molecule has 0 bridgehead atoms. The summed E-state index contributed by atoms with van der Waals surface area (Å²) in [5.41, 5.74) is 1.93. The van der Waals surface area contributed by atoms with Crippen LogP contribution in [0, 0.1) is 17.2 Å². The van der Waals surface area contributed by atoms with Gasteiger partial charge in [0.1, 0.15) is 0 Å². The lowest BCUT2D eigenvalue weighted by Gasteiger charge is -2.34. The highest BCUT2D eigenvalue weighted by Crippen LogP contribution is 2.18. The Hall–Kier alpha value is -1.37. The van der Waals surface area contributed by atoms with Crippen molar-refractivity contribution in [3.63, 3.8) is 0 Å². The maximum Gasteiger partial charge on any atom is 0.0991 e. The first-order valence-corrected chi connectivity index (χ1v) is 6.08. The molecule has 1 N–H and O–H groups in total. The summed E-state index contributed by atoms with van der Waals surface area (Å²) in [6, 6.07) is 9.86. The van der Waals surface area contributed by atoms with E-state index in [0.717, 1.165) is 26.1 Å². The second-order valence-corrected chi connectivity index (χ2v) is 4.88. The highest BCUT2D eigenvalue weighted by molar-refractivity contribution is 5.31. The lowest BCUT2D eigenvalue weighted by Crippen LogP contribution is -2.41. The average Bonchev–Trinajstić information content (AvgIpc) is 2.35. The minimum absolute atomic E-state index is 0.146. The van der Waals surface area contributed by atoms with Gasteiger partial charge >= 0.3 is 0 Å². The van der Waals surface area contributed by atoms with Crippen LogP contribution in [-0.2, 0) is 6.54 Å². The van der Waals surface area contributed by atoms with E-state index in [2.05, 4.69) is 17.9 Å². The minimum Gasteiger partial charge on any atom is -0.393 e. The first kappa shape index (κ1) is 12.1. The topological polar surface area (TPSA) is 47.3 Å². The van der Waals surface area contributed by atoms with Crippen molar-refractivity contribution in [1.82, 2.24) is 4.90 Å². The highest BCUT2D eigenvalue weighted by Gasteiger charge is 2.23. The van der Waals surface area contributed by atoms with E-state index in [9.17, 15) is 5.11 Å². The van der Waals surface area contributed by atoms with Crippen LogP contribution in [0.1, 0.15) is 24.5 Å². The Labute approximate surface area is 102 Å². The Bertz CT molecular complexity index is 407. The predicted molar refractivity (Wildman–Crippen MR) is 66.2 cm³/mol. The molecule has 90 valence electrons. The number of nitriles is 1. The molecule has 3 nitrogen and oxygen atoms in total. The van der Waals surface area contributed by atoms with Gasteiger partial charge < -0.3 is 5.11 Å². The fourth-order valence-corrected chi connectivity index (χ4v) is 2.31. The fraction of sp³-hybridized carbons (Fsp3) is 0.500. The largest absolute Gasteiger partial charge is 0.393 e. The van der Waals surface area contributed by atoms with Gasteiger partial charge in [0.2, 0.25) is 0 Å². The lowest BCUT2D eigenvalue weighted by molar-refractivity contribution is 0.0320. The first-order valence-electron chi connectivity index (χ1n) is 6.08. The van der Waals surface area contributed by atoms with Crippen LogP contribution < -0.4 is 0 Å². The number of likely N-dealkylation sites (tertiary alicyclic amines) is 1. The first-order chi connectivity index (χ1) is 8.19. The molecule has 1 aromatic rings. The van der Waals surface area contributed by atoms with E-state index >= 15 is 0 Å². The second kappa shape index (κ2) is 5.31. The summed E-state index contributed by atoms with van der Waals surface area (Å²) in [4.78, 5) is 2.36. The van der Waals surface area contributed by atoms with E-state index in [4.69, 9.17) is 5.26 Å². The number of hydrogen-bond donors (Lipinski definition) is 1. The van der Waals surface area contributed by atoms with Gasteiger partial charge in [0.05, 0.1) is 17.7 Å². The molecule has 2 unspecified atom stereocenters. The van der Waals surface area contributed by atoms with Crippen molar-refractivity contribution < 1.29 is 5.11 Å². The molecule has 2 atom stereocenters. The molecule has 0 amide bonds. The number of aliphatic hydroxyl groups excluding tert-OH is 1. The normalized spacial score (nSPS) is 25.5. The SMILES string of the molecule is CC1CN(Cc2ccc(C#N)cc2)CCC1O. The number of benzene rings is 1. The monoisotopic (exact) mass is 230 g/mol. The molecule has 17 heavy (non-hydrogen) atoms. The van der Waals surface area contributed by atoms with Crippen molar-refractivity contribution in [2.24, 2.45) is 5.92 Å². The summed E-state index contributed by atoms with van der Waals surface area (Å²) in [5.74, 6) is 0.349. The maximum atomic E-state index is 9.67. The van der Waals surface area contributed by atoms with E-state index in [-0.39, 0.29) is 6.10 Å². The van der Waals surface area contributed by atoms with Crippen LogP contribution >= 0.6 is 0 Å². The van der Waals surface area contributed by atoms with Crippen molar-refractivity contribution in [3.05, 3.63) is 35.4 Å². The highest BCUT2D eigenvalue weighted by atomic mass is 16.3. The third-order valence-corrected chi connectivity index (χ3v) is 3.43. The van der Waals surface area contributed by atoms with E-state index in [1.807, 2.05) is 24.3 Å². The zero-order chi connectivity index (χ0) is 12.3. The third kappa shape index (κ3) is 3.06. The smallest absolute Gasteiger partial charge is 0.0991 e. The molecule has 0 aromatic heterocycles. The molecule has 0 saturated carbocycles. The van der Waals surface area contributed by atoms with Gasteiger partial charge in [-0.15, -0.1) is 0 Å². The van der Waals surface area contributed by atoms with E-state index in [1.165, 1.54) is 5.56 Å².